The van der Waals surface area contributed by atoms with Gasteiger partial charge in [-0.1, -0.05) is 23.7 Å². The zero-order valence-electron chi connectivity index (χ0n) is 16.0. The fourth-order valence-electron chi connectivity index (χ4n) is 3.39. The Labute approximate surface area is 172 Å². The number of carbonyl (C=O) groups excluding carboxylic acids is 1. The van der Waals surface area contributed by atoms with Crippen molar-refractivity contribution in [2.24, 2.45) is 0 Å². The molecule has 0 bridgehead atoms. The van der Waals surface area contributed by atoms with Crippen LogP contribution in [0.3, 0.4) is 0 Å². The van der Waals surface area contributed by atoms with Crippen LogP contribution in [0.25, 0.3) is 5.95 Å². The van der Waals surface area contributed by atoms with Crippen LogP contribution in [-0.4, -0.2) is 30.9 Å². The van der Waals surface area contributed by atoms with E-state index < -0.39 is 0 Å². The minimum absolute atomic E-state index is 0.0682. The zero-order chi connectivity index (χ0) is 20.0. The van der Waals surface area contributed by atoms with Crippen molar-refractivity contribution in [3.8, 4) is 5.95 Å². The van der Waals surface area contributed by atoms with Crippen LogP contribution in [0.1, 0.15) is 40.4 Å². The van der Waals surface area contributed by atoms with Gasteiger partial charge in [-0.25, -0.2) is 9.97 Å². The third-order valence-electron chi connectivity index (χ3n) is 4.63. The lowest BCUT2D eigenvalue weighted by Gasteiger charge is -2.17. The number of thioether (sulfide) groups is 1. The van der Waals surface area contributed by atoms with Crippen molar-refractivity contribution in [2.45, 2.75) is 38.2 Å². The molecule has 3 heterocycles. The highest BCUT2D eigenvalue weighted by Crippen LogP contribution is 2.46. The van der Waals surface area contributed by atoms with Crippen molar-refractivity contribution in [3.63, 3.8) is 0 Å². The minimum atomic E-state index is -0.232. The number of hydrogen-bond donors (Lipinski definition) is 1. The lowest BCUT2D eigenvalue weighted by atomic mass is 10.0. The molecule has 1 aliphatic rings. The molecule has 28 heavy (non-hydrogen) atoms. The molecule has 1 N–H and O–H groups in total. The summed E-state index contributed by atoms with van der Waals surface area (Å²) < 4.78 is 1.64. The van der Waals surface area contributed by atoms with E-state index in [1.54, 1.807) is 16.4 Å². The van der Waals surface area contributed by atoms with E-state index in [4.69, 9.17) is 11.6 Å². The van der Waals surface area contributed by atoms with Crippen molar-refractivity contribution in [1.82, 2.24) is 19.7 Å². The second-order valence-corrected chi connectivity index (χ2v) is 8.80. The molecule has 8 heteroatoms. The molecule has 1 amide bonds. The number of nitrogens with one attached hydrogen (secondary N) is 1. The van der Waals surface area contributed by atoms with E-state index in [1.807, 2.05) is 58.0 Å². The number of anilines is 1. The Morgan fingerprint density at radius 3 is 2.54 bits per heavy atom. The SMILES string of the molecule is Cc1cc(C)nc(-n2nc(C)c3c2NC(=O)C(C)SC3c2cccc(Cl)c2)n1. The zero-order valence-corrected chi connectivity index (χ0v) is 17.6. The highest BCUT2D eigenvalue weighted by atomic mass is 35.5. The van der Waals surface area contributed by atoms with Gasteiger partial charge < -0.3 is 5.32 Å². The summed E-state index contributed by atoms with van der Waals surface area (Å²) >= 11 is 7.82. The molecule has 3 aromatic rings. The molecule has 0 fully saturated rings. The van der Waals surface area contributed by atoms with Crippen LogP contribution >= 0.6 is 23.4 Å². The van der Waals surface area contributed by atoms with Gasteiger partial charge in [0.05, 0.1) is 16.2 Å². The van der Waals surface area contributed by atoms with Crippen molar-refractivity contribution in [1.29, 1.82) is 0 Å². The quantitative estimate of drug-likeness (QED) is 0.673. The molecule has 6 nitrogen and oxygen atoms in total. The van der Waals surface area contributed by atoms with Gasteiger partial charge in [-0.15, -0.1) is 11.8 Å². The molecule has 144 valence electrons. The number of hydrogen-bond acceptors (Lipinski definition) is 5. The first kappa shape index (κ1) is 19.0. The fourth-order valence-corrected chi connectivity index (χ4v) is 4.90. The number of benzene rings is 1. The summed E-state index contributed by atoms with van der Waals surface area (Å²) in [4.78, 5) is 21.8. The van der Waals surface area contributed by atoms with E-state index in [-0.39, 0.29) is 16.4 Å². The number of carbonyl (C=O) groups is 1. The van der Waals surface area contributed by atoms with Gasteiger partial charge in [0.2, 0.25) is 5.91 Å². The summed E-state index contributed by atoms with van der Waals surface area (Å²) in [6.07, 6.45) is 0. The smallest absolute Gasteiger partial charge is 0.252 e. The van der Waals surface area contributed by atoms with Crippen LogP contribution < -0.4 is 5.32 Å². The van der Waals surface area contributed by atoms with Gasteiger partial charge in [-0.3, -0.25) is 4.79 Å². The number of amides is 1. The standard InChI is InChI=1S/C20H20ClN5OS/c1-10-8-11(2)23-20(22-10)26-18-16(12(3)25-26)17(28-13(4)19(27)24-18)14-6-5-7-15(21)9-14/h5-9,13,17H,1-4H3,(H,24,27). The van der Waals surface area contributed by atoms with Crippen LogP contribution in [-0.2, 0) is 4.79 Å². The number of aromatic nitrogens is 4. The maximum Gasteiger partial charge on any atom is 0.252 e. The van der Waals surface area contributed by atoms with Gasteiger partial charge in [0.25, 0.3) is 5.95 Å². The molecular formula is C20H20ClN5OS. The molecule has 0 spiro atoms. The fraction of sp³-hybridized carbons (Fsp3) is 0.300. The first-order valence-electron chi connectivity index (χ1n) is 8.97. The second kappa shape index (κ2) is 7.22. The van der Waals surface area contributed by atoms with Crippen molar-refractivity contribution in [3.05, 3.63) is 63.6 Å². The molecule has 0 saturated heterocycles. The number of aryl methyl sites for hydroxylation is 3. The van der Waals surface area contributed by atoms with E-state index in [2.05, 4.69) is 20.4 Å². The Morgan fingerprint density at radius 2 is 1.86 bits per heavy atom. The summed E-state index contributed by atoms with van der Waals surface area (Å²) in [6.45, 7) is 7.68. The van der Waals surface area contributed by atoms with Crippen LogP contribution in [0, 0.1) is 20.8 Å². The topological polar surface area (TPSA) is 72.7 Å². The molecule has 0 saturated carbocycles. The van der Waals surface area contributed by atoms with E-state index in [1.165, 1.54) is 0 Å². The van der Waals surface area contributed by atoms with E-state index in [9.17, 15) is 4.79 Å². The Bertz CT molecular complexity index is 1060. The summed E-state index contributed by atoms with van der Waals surface area (Å²) in [7, 11) is 0. The Hall–Kier alpha value is -2.38. The average molecular weight is 414 g/mol. The predicted octanol–water partition coefficient (Wildman–Crippen LogP) is 4.40. The Balaban J connectivity index is 1.94. The van der Waals surface area contributed by atoms with Crippen LogP contribution in [0.2, 0.25) is 5.02 Å². The van der Waals surface area contributed by atoms with Crippen molar-refractivity contribution >= 4 is 35.1 Å². The van der Waals surface area contributed by atoms with E-state index in [0.717, 1.165) is 28.2 Å². The van der Waals surface area contributed by atoms with Crippen LogP contribution in [0.15, 0.2) is 30.3 Å². The van der Waals surface area contributed by atoms with Crippen molar-refractivity contribution < 1.29 is 4.79 Å². The lowest BCUT2D eigenvalue weighted by Crippen LogP contribution is -2.23. The molecule has 4 rings (SSSR count). The molecule has 2 atom stereocenters. The van der Waals surface area contributed by atoms with Gasteiger partial charge in [0, 0.05) is 22.0 Å². The number of rotatable bonds is 2. The van der Waals surface area contributed by atoms with Gasteiger partial charge in [0.15, 0.2) is 0 Å². The monoisotopic (exact) mass is 413 g/mol. The normalized spacial score (nSPS) is 19.1. The summed E-state index contributed by atoms with van der Waals surface area (Å²) in [5.41, 5.74) is 4.50. The predicted molar refractivity (Wildman–Crippen MR) is 112 cm³/mol. The maximum absolute atomic E-state index is 12.7. The van der Waals surface area contributed by atoms with Gasteiger partial charge in [0.1, 0.15) is 5.82 Å². The first-order valence-corrected chi connectivity index (χ1v) is 10.3. The maximum atomic E-state index is 12.7. The summed E-state index contributed by atoms with van der Waals surface area (Å²) in [5.74, 6) is 1.00. The lowest BCUT2D eigenvalue weighted by molar-refractivity contribution is -0.115. The highest BCUT2D eigenvalue weighted by molar-refractivity contribution is 8.01. The number of halogens is 1. The van der Waals surface area contributed by atoms with Crippen LogP contribution in [0.4, 0.5) is 5.82 Å². The van der Waals surface area contributed by atoms with Gasteiger partial charge in [-0.05, 0) is 51.5 Å². The highest BCUT2D eigenvalue weighted by Gasteiger charge is 2.34. The summed E-state index contributed by atoms with van der Waals surface area (Å²) in [5, 5.41) is 8.07. The first-order chi connectivity index (χ1) is 13.3. The molecular weight excluding hydrogens is 394 g/mol. The molecule has 1 aromatic carbocycles. The van der Waals surface area contributed by atoms with Crippen molar-refractivity contribution in [2.75, 3.05) is 5.32 Å². The molecule has 1 aliphatic heterocycles. The third kappa shape index (κ3) is 3.40. The van der Waals surface area contributed by atoms with Gasteiger partial charge in [-0.2, -0.15) is 9.78 Å². The minimum Gasteiger partial charge on any atom is -0.309 e. The largest absolute Gasteiger partial charge is 0.309 e. The Kier molecular flexibility index (Phi) is 4.89. The average Bonchev–Trinajstić information content (AvgIpc) is 2.87. The van der Waals surface area contributed by atoms with E-state index in [0.29, 0.717) is 16.8 Å². The molecule has 2 unspecified atom stereocenters. The van der Waals surface area contributed by atoms with Crippen LogP contribution in [0.5, 0.6) is 0 Å². The molecule has 0 aliphatic carbocycles. The number of fused-ring (bicyclic) bond motifs is 1. The van der Waals surface area contributed by atoms with Gasteiger partial charge >= 0.3 is 0 Å². The molecule has 0 radical (unpaired) electrons. The Morgan fingerprint density at radius 1 is 1.14 bits per heavy atom. The second-order valence-electron chi connectivity index (χ2n) is 6.91. The number of nitrogens with zero attached hydrogens (tertiary/aromatic N) is 4. The van der Waals surface area contributed by atoms with E-state index >= 15 is 0 Å². The molecule has 2 aromatic heterocycles. The third-order valence-corrected chi connectivity index (χ3v) is 6.27. The summed E-state index contributed by atoms with van der Waals surface area (Å²) in [6, 6.07) is 9.65.